The van der Waals surface area contributed by atoms with Gasteiger partial charge in [0.15, 0.2) is 0 Å². The van der Waals surface area contributed by atoms with Crippen molar-refractivity contribution in [2.45, 2.75) is 38.9 Å². The summed E-state index contributed by atoms with van der Waals surface area (Å²) in [7, 11) is 0. The van der Waals surface area contributed by atoms with Gasteiger partial charge < -0.3 is 14.8 Å². The van der Waals surface area contributed by atoms with Gasteiger partial charge in [-0.2, -0.15) is 0 Å². The first-order chi connectivity index (χ1) is 14.7. The van der Waals surface area contributed by atoms with E-state index in [-0.39, 0.29) is 18.6 Å². The number of aromatic nitrogens is 2. The molecule has 2 N–H and O–H groups in total. The van der Waals surface area contributed by atoms with E-state index in [1.165, 1.54) is 5.56 Å². The minimum atomic E-state index is -0.189. The molecule has 7 heteroatoms. The van der Waals surface area contributed by atoms with Crippen LogP contribution in [0.3, 0.4) is 0 Å². The molecule has 0 radical (unpaired) electrons. The van der Waals surface area contributed by atoms with Crippen LogP contribution < -0.4 is 5.32 Å². The van der Waals surface area contributed by atoms with E-state index >= 15 is 0 Å². The van der Waals surface area contributed by atoms with Crippen LogP contribution in [0.1, 0.15) is 40.2 Å². The number of hydrogen-bond donors (Lipinski definition) is 2. The molecule has 1 atom stereocenters. The SMILES string of the molecule is Cc1nnc(-c2ccccc2C(=O)NCc2ccccc2CN2CCCC2CO)o1. The minimum absolute atomic E-state index is 0.185. The molecule has 3 aromatic rings. The predicted octanol–water partition coefficient (Wildman–Crippen LogP) is 2.93. The number of carbonyl (C=O) groups is 1. The molecule has 1 aliphatic heterocycles. The first-order valence-electron chi connectivity index (χ1n) is 10.2. The van der Waals surface area contributed by atoms with Crippen molar-refractivity contribution in [2.75, 3.05) is 13.2 Å². The number of benzene rings is 2. The number of nitrogens with zero attached hydrogens (tertiary/aromatic N) is 3. The molecule has 1 saturated heterocycles. The van der Waals surface area contributed by atoms with Gasteiger partial charge in [0, 0.05) is 26.1 Å². The minimum Gasteiger partial charge on any atom is -0.421 e. The number of amides is 1. The van der Waals surface area contributed by atoms with Crippen LogP contribution in [0.2, 0.25) is 0 Å². The van der Waals surface area contributed by atoms with Gasteiger partial charge in [-0.05, 0) is 42.6 Å². The van der Waals surface area contributed by atoms with Crippen LogP contribution >= 0.6 is 0 Å². The molecule has 4 rings (SSSR count). The Bertz CT molecular complexity index is 1020. The normalized spacial score (nSPS) is 16.7. The smallest absolute Gasteiger partial charge is 0.252 e. The fourth-order valence-electron chi connectivity index (χ4n) is 3.96. The summed E-state index contributed by atoms with van der Waals surface area (Å²) in [5.41, 5.74) is 3.35. The standard InChI is InChI=1S/C23H26N4O3/c1-16-25-26-23(30-16)21-11-5-4-10-20(21)22(29)24-13-17-7-2-3-8-18(17)14-27-12-6-9-19(27)15-28/h2-5,7-8,10-11,19,28H,6,9,12-15H2,1H3,(H,24,29). The summed E-state index contributed by atoms with van der Waals surface area (Å²) in [6.07, 6.45) is 2.14. The van der Waals surface area contributed by atoms with Gasteiger partial charge in [0.1, 0.15) is 0 Å². The molecule has 156 valence electrons. The number of aliphatic hydroxyl groups excluding tert-OH is 1. The van der Waals surface area contributed by atoms with Gasteiger partial charge in [0.2, 0.25) is 11.8 Å². The largest absolute Gasteiger partial charge is 0.421 e. The summed E-state index contributed by atoms with van der Waals surface area (Å²) in [4.78, 5) is 15.2. The Hall–Kier alpha value is -3.03. The molecule has 2 heterocycles. The Morgan fingerprint density at radius 1 is 1.17 bits per heavy atom. The number of rotatable bonds is 7. The highest BCUT2D eigenvalue weighted by Gasteiger charge is 2.24. The third-order valence-electron chi connectivity index (χ3n) is 5.57. The number of aliphatic hydroxyl groups is 1. The van der Waals surface area contributed by atoms with Crippen molar-refractivity contribution in [2.24, 2.45) is 0 Å². The monoisotopic (exact) mass is 406 g/mol. The van der Waals surface area contributed by atoms with Gasteiger partial charge in [0.25, 0.3) is 5.91 Å². The molecular formula is C23H26N4O3. The number of carbonyl (C=O) groups excluding carboxylic acids is 1. The van der Waals surface area contributed by atoms with E-state index in [0.717, 1.165) is 31.5 Å². The molecule has 1 fully saturated rings. The van der Waals surface area contributed by atoms with Gasteiger partial charge in [-0.3, -0.25) is 9.69 Å². The molecule has 0 saturated carbocycles. The van der Waals surface area contributed by atoms with Crippen LogP contribution in [0.4, 0.5) is 0 Å². The highest BCUT2D eigenvalue weighted by atomic mass is 16.4. The van der Waals surface area contributed by atoms with E-state index in [1.807, 2.05) is 30.3 Å². The van der Waals surface area contributed by atoms with Crippen molar-refractivity contribution < 1.29 is 14.3 Å². The molecule has 1 aliphatic rings. The number of aryl methyl sites for hydroxylation is 1. The van der Waals surface area contributed by atoms with E-state index in [2.05, 4.69) is 26.5 Å². The summed E-state index contributed by atoms with van der Waals surface area (Å²) >= 11 is 0. The topological polar surface area (TPSA) is 91.5 Å². The summed E-state index contributed by atoms with van der Waals surface area (Å²) in [5.74, 6) is 0.602. The van der Waals surface area contributed by atoms with Crippen molar-refractivity contribution in [1.82, 2.24) is 20.4 Å². The van der Waals surface area contributed by atoms with Crippen molar-refractivity contribution in [3.8, 4) is 11.5 Å². The number of hydrogen-bond acceptors (Lipinski definition) is 6. The van der Waals surface area contributed by atoms with Gasteiger partial charge in [-0.25, -0.2) is 0 Å². The van der Waals surface area contributed by atoms with E-state index in [0.29, 0.717) is 29.5 Å². The number of nitrogens with one attached hydrogen (secondary N) is 1. The molecule has 1 unspecified atom stereocenters. The van der Waals surface area contributed by atoms with Crippen LogP contribution in [0.5, 0.6) is 0 Å². The zero-order valence-electron chi connectivity index (χ0n) is 17.0. The average molecular weight is 406 g/mol. The van der Waals surface area contributed by atoms with E-state index in [1.54, 1.807) is 19.1 Å². The summed E-state index contributed by atoms with van der Waals surface area (Å²) in [5, 5.41) is 20.5. The highest BCUT2D eigenvalue weighted by Crippen LogP contribution is 2.23. The zero-order valence-corrected chi connectivity index (χ0v) is 17.0. The maximum atomic E-state index is 12.9. The second kappa shape index (κ2) is 9.19. The third kappa shape index (κ3) is 4.42. The number of likely N-dealkylation sites (tertiary alicyclic amines) is 1. The lowest BCUT2D eigenvalue weighted by molar-refractivity contribution is 0.0951. The molecule has 2 aromatic carbocycles. The van der Waals surface area contributed by atoms with Gasteiger partial charge in [-0.15, -0.1) is 10.2 Å². The van der Waals surface area contributed by atoms with Crippen LogP contribution in [-0.4, -0.2) is 45.3 Å². The van der Waals surface area contributed by atoms with Crippen LogP contribution in [-0.2, 0) is 13.1 Å². The average Bonchev–Trinajstić information content (AvgIpc) is 3.41. The van der Waals surface area contributed by atoms with Crippen molar-refractivity contribution in [3.63, 3.8) is 0 Å². The molecule has 1 amide bonds. The predicted molar refractivity (Wildman–Crippen MR) is 113 cm³/mol. The maximum Gasteiger partial charge on any atom is 0.252 e. The lowest BCUT2D eigenvalue weighted by Crippen LogP contribution is -2.32. The lowest BCUT2D eigenvalue weighted by Gasteiger charge is -2.24. The van der Waals surface area contributed by atoms with E-state index in [9.17, 15) is 9.90 Å². The molecule has 0 aliphatic carbocycles. The first kappa shape index (κ1) is 20.3. The summed E-state index contributed by atoms with van der Waals surface area (Å²) in [6.45, 7) is 4.09. The zero-order chi connectivity index (χ0) is 20.9. The Labute approximate surface area is 175 Å². The summed E-state index contributed by atoms with van der Waals surface area (Å²) in [6, 6.07) is 15.6. The second-order valence-electron chi connectivity index (χ2n) is 7.57. The van der Waals surface area contributed by atoms with Gasteiger partial charge in [0.05, 0.1) is 17.7 Å². The molecule has 30 heavy (non-hydrogen) atoms. The quantitative estimate of drug-likeness (QED) is 0.627. The fraction of sp³-hybridized carbons (Fsp3) is 0.348. The Kier molecular flexibility index (Phi) is 6.21. The first-order valence-corrected chi connectivity index (χ1v) is 10.2. The molecule has 0 spiro atoms. The fourth-order valence-corrected chi connectivity index (χ4v) is 3.96. The third-order valence-corrected chi connectivity index (χ3v) is 5.57. The Morgan fingerprint density at radius 3 is 2.70 bits per heavy atom. The van der Waals surface area contributed by atoms with Crippen LogP contribution in [0.25, 0.3) is 11.5 Å². The lowest BCUT2D eigenvalue weighted by atomic mass is 10.0. The molecule has 1 aromatic heterocycles. The van der Waals surface area contributed by atoms with Gasteiger partial charge in [-0.1, -0.05) is 36.4 Å². The van der Waals surface area contributed by atoms with Crippen LogP contribution in [0, 0.1) is 6.92 Å². The Balaban J connectivity index is 1.48. The van der Waals surface area contributed by atoms with Crippen LogP contribution in [0.15, 0.2) is 52.9 Å². The van der Waals surface area contributed by atoms with Crippen molar-refractivity contribution in [1.29, 1.82) is 0 Å². The second-order valence-corrected chi connectivity index (χ2v) is 7.57. The van der Waals surface area contributed by atoms with Crippen molar-refractivity contribution >= 4 is 5.91 Å². The molecular weight excluding hydrogens is 380 g/mol. The molecule has 0 bridgehead atoms. The van der Waals surface area contributed by atoms with Crippen molar-refractivity contribution in [3.05, 3.63) is 71.1 Å². The van der Waals surface area contributed by atoms with E-state index < -0.39 is 0 Å². The Morgan fingerprint density at radius 2 is 1.93 bits per heavy atom. The highest BCUT2D eigenvalue weighted by molar-refractivity contribution is 5.99. The van der Waals surface area contributed by atoms with Gasteiger partial charge >= 0.3 is 0 Å². The molecule has 7 nitrogen and oxygen atoms in total. The maximum absolute atomic E-state index is 12.9. The summed E-state index contributed by atoms with van der Waals surface area (Å²) < 4.78 is 5.51. The van der Waals surface area contributed by atoms with E-state index in [4.69, 9.17) is 4.42 Å².